The zero-order valence-electron chi connectivity index (χ0n) is 32.5. The maximum Gasteiger partial charge on any atom is 0.306 e. The van der Waals surface area contributed by atoms with Crippen LogP contribution in [-0.4, -0.2) is 36.4 Å². The van der Waals surface area contributed by atoms with E-state index in [2.05, 4.69) is 13.8 Å². The summed E-state index contributed by atoms with van der Waals surface area (Å²) in [6.45, 7) is 4.13. The lowest BCUT2D eigenvalue weighted by molar-refractivity contribution is -0.161. The summed E-state index contributed by atoms with van der Waals surface area (Å²) in [6, 6.07) is 0. The molecular weight excluding hydrogens is 596 g/mol. The Hall–Kier alpha value is -1.10. The lowest BCUT2D eigenvalue weighted by Crippen LogP contribution is -2.28. The van der Waals surface area contributed by atoms with Crippen LogP contribution in [0.25, 0.3) is 0 Å². The number of unbranched alkanes of at least 4 members (excludes halogenated alkanes) is 32. The van der Waals surface area contributed by atoms with E-state index in [0.717, 1.165) is 38.5 Å². The Morgan fingerprint density at radius 2 is 0.646 bits per heavy atom. The molecule has 0 bridgehead atoms. The van der Waals surface area contributed by atoms with Gasteiger partial charge in [0.1, 0.15) is 6.61 Å². The van der Waals surface area contributed by atoms with Crippen molar-refractivity contribution in [3.05, 3.63) is 0 Å². The van der Waals surface area contributed by atoms with Gasteiger partial charge in [-0.15, -0.1) is 0 Å². The molecule has 0 rings (SSSR count). The topological polar surface area (TPSA) is 72.8 Å². The van der Waals surface area contributed by atoms with Gasteiger partial charge in [0.2, 0.25) is 0 Å². The van der Waals surface area contributed by atoms with E-state index in [9.17, 15) is 14.7 Å². The van der Waals surface area contributed by atoms with E-state index >= 15 is 0 Å². The standard InChI is InChI=1S/C43H84O5/c1-3-5-7-9-11-13-14-15-16-17-18-19-20-21-22-23-24-25-26-27-28-29-30-32-34-36-38-43(46)48-41(39-44)40-47-42(45)37-35-33-31-12-10-8-6-4-2/h41,44H,3-40H2,1-2H3. The van der Waals surface area contributed by atoms with Crippen LogP contribution >= 0.6 is 0 Å². The summed E-state index contributed by atoms with van der Waals surface area (Å²) < 4.78 is 10.6. The van der Waals surface area contributed by atoms with Crippen LogP contribution in [0, 0.1) is 0 Å². The summed E-state index contributed by atoms with van der Waals surface area (Å²) in [5.41, 5.74) is 0. The highest BCUT2D eigenvalue weighted by molar-refractivity contribution is 5.70. The third-order valence-corrected chi connectivity index (χ3v) is 9.90. The van der Waals surface area contributed by atoms with E-state index in [-0.39, 0.29) is 25.2 Å². The predicted octanol–water partition coefficient (Wildman–Crippen LogP) is 13.5. The smallest absolute Gasteiger partial charge is 0.306 e. The number of aliphatic hydroxyl groups is 1. The quantitative estimate of drug-likeness (QED) is 0.0515. The minimum absolute atomic E-state index is 0.0579. The third kappa shape index (κ3) is 37.7. The zero-order chi connectivity index (χ0) is 35.0. The molecule has 286 valence electrons. The largest absolute Gasteiger partial charge is 0.462 e. The highest BCUT2D eigenvalue weighted by atomic mass is 16.6. The van der Waals surface area contributed by atoms with Gasteiger partial charge in [0.15, 0.2) is 6.10 Å². The van der Waals surface area contributed by atoms with Crippen molar-refractivity contribution in [3.8, 4) is 0 Å². The van der Waals surface area contributed by atoms with Crippen LogP contribution in [0.4, 0.5) is 0 Å². The lowest BCUT2D eigenvalue weighted by Gasteiger charge is -2.15. The Kier molecular flexibility index (Phi) is 39.4. The summed E-state index contributed by atoms with van der Waals surface area (Å²) in [4.78, 5) is 24.1. The van der Waals surface area contributed by atoms with Crippen molar-refractivity contribution in [2.75, 3.05) is 13.2 Å². The number of carbonyl (C=O) groups excluding carboxylic acids is 2. The van der Waals surface area contributed by atoms with Crippen molar-refractivity contribution < 1.29 is 24.2 Å². The molecule has 0 aromatic carbocycles. The van der Waals surface area contributed by atoms with Gasteiger partial charge in [0.25, 0.3) is 0 Å². The fourth-order valence-electron chi connectivity index (χ4n) is 6.62. The summed E-state index contributed by atoms with van der Waals surface area (Å²) in [5.74, 6) is -0.580. The number of hydrogen-bond acceptors (Lipinski definition) is 5. The molecule has 0 aliphatic rings. The van der Waals surface area contributed by atoms with Gasteiger partial charge < -0.3 is 14.6 Å². The SMILES string of the molecule is CCCCCCCCCCCCCCCCCCCCCCCCCCCCC(=O)OC(CO)COC(=O)CCCCCCCCCC. The molecule has 1 atom stereocenters. The van der Waals surface area contributed by atoms with E-state index < -0.39 is 6.10 Å². The van der Waals surface area contributed by atoms with Gasteiger partial charge in [0.05, 0.1) is 6.61 Å². The lowest BCUT2D eigenvalue weighted by atomic mass is 10.0. The molecule has 0 aliphatic carbocycles. The molecule has 1 unspecified atom stereocenters. The molecule has 0 heterocycles. The maximum atomic E-state index is 12.2. The Morgan fingerprint density at radius 1 is 0.396 bits per heavy atom. The number of aliphatic hydroxyl groups excluding tert-OH is 1. The molecule has 1 N–H and O–H groups in total. The Labute approximate surface area is 299 Å². The van der Waals surface area contributed by atoms with Crippen molar-refractivity contribution >= 4 is 11.9 Å². The van der Waals surface area contributed by atoms with Crippen molar-refractivity contribution in [3.63, 3.8) is 0 Å². The molecule has 48 heavy (non-hydrogen) atoms. The van der Waals surface area contributed by atoms with Crippen LogP contribution in [0.2, 0.25) is 0 Å². The molecule has 0 aliphatic heterocycles. The first-order valence-corrected chi connectivity index (χ1v) is 21.6. The van der Waals surface area contributed by atoms with E-state index in [1.165, 1.54) is 180 Å². The van der Waals surface area contributed by atoms with Crippen molar-refractivity contribution in [1.82, 2.24) is 0 Å². The first kappa shape index (κ1) is 46.9. The Morgan fingerprint density at radius 3 is 0.917 bits per heavy atom. The fraction of sp³-hybridized carbons (Fsp3) is 0.953. The second kappa shape index (κ2) is 40.3. The molecule has 0 spiro atoms. The molecule has 0 saturated heterocycles. The van der Waals surface area contributed by atoms with E-state index in [4.69, 9.17) is 9.47 Å². The summed E-state index contributed by atoms with van der Waals surface area (Å²) >= 11 is 0. The minimum atomic E-state index is -0.760. The highest BCUT2D eigenvalue weighted by Gasteiger charge is 2.16. The first-order chi connectivity index (χ1) is 23.6. The van der Waals surface area contributed by atoms with Crippen LogP contribution in [0.5, 0.6) is 0 Å². The van der Waals surface area contributed by atoms with Crippen LogP contribution in [0.3, 0.4) is 0 Å². The number of esters is 2. The van der Waals surface area contributed by atoms with Gasteiger partial charge >= 0.3 is 11.9 Å². The molecule has 0 aromatic rings. The van der Waals surface area contributed by atoms with Crippen molar-refractivity contribution in [1.29, 1.82) is 0 Å². The van der Waals surface area contributed by atoms with Gasteiger partial charge in [-0.05, 0) is 12.8 Å². The average molecular weight is 681 g/mol. The van der Waals surface area contributed by atoms with E-state index in [0.29, 0.717) is 12.8 Å². The predicted molar refractivity (Wildman–Crippen MR) is 205 cm³/mol. The van der Waals surface area contributed by atoms with Gasteiger partial charge in [0, 0.05) is 12.8 Å². The summed E-state index contributed by atoms with van der Waals surface area (Å²) in [6.07, 6.45) is 44.9. The second-order valence-electron chi connectivity index (χ2n) is 14.8. The number of hydrogen-bond donors (Lipinski definition) is 1. The Balaban J connectivity index is 3.37. The summed E-state index contributed by atoms with van der Waals surface area (Å²) in [7, 11) is 0. The molecular formula is C43H84O5. The molecule has 5 heteroatoms. The number of ether oxygens (including phenoxy) is 2. The zero-order valence-corrected chi connectivity index (χ0v) is 32.5. The number of carbonyl (C=O) groups is 2. The maximum absolute atomic E-state index is 12.2. The van der Waals surface area contributed by atoms with Gasteiger partial charge in [-0.25, -0.2) is 0 Å². The first-order valence-electron chi connectivity index (χ1n) is 21.6. The average Bonchev–Trinajstić information content (AvgIpc) is 3.09. The normalized spacial score (nSPS) is 12.0. The van der Waals surface area contributed by atoms with E-state index in [1.807, 2.05) is 0 Å². The summed E-state index contributed by atoms with van der Waals surface area (Å²) in [5, 5.41) is 9.52. The van der Waals surface area contributed by atoms with Gasteiger partial charge in [-0.1, -0.05) is 219 Å². The second-order valence-corrected chi connectivity index (χ2v) is 14.8. The van der Waals surface area contributed by atoms with Crippen molar-refractivity contribution in [2.24, 2.45) is 0 Å². The van der Waals surface area contributed by atoms with Crippen LogP contribution in [-0.2, 0) is 19.1 Å². The molecule has 5 nitrogen and oxygen atoms in total. The van der Waals surface area contributed by atoms with Crippen LogP contribution in [0.15, 0.2) is 0 Å². The molecule has 0 aromatic heterocycles. The molecule has 0 amide bonds. The Bertz CT molecular complexity index is 651. The van der Waals surface area contributed by atoms with Crippen LogP contribution < -0.4 is 0 Å². The highest BCUT2D eigenvalue weighted by Crippen LogP contribution is 2.16. The van der Waals surface area contributed by atoms with Crippen LogP contribution in [0.1, 0.15) is 245 Å². The third-order valence-electron chi connectivity index (χ3n) is 9.90. The van der Waals surface area contributed by atoms with Gasteiger partial charge in [-0.2, -0.15) is 0 Å². The van der Waals surface area contributed by atoms with Gasteiger partial charge in [-0.3, -0.25) is 9.59 Å². The molecule has 0 fully saturated rings. The minimum Gasteiger partial charge on any atom is -0.462 e. The van der Waals surface area contributed by atoms with Crippen molar-refractivity contribution in [2.45, 2.75) is 251 Å². The monoisotopic (exact) mass is 681 g/mol. The molecule has 0 saturated carbocycles. The number of rotatable bonds is 40. The molecule has 0 radical (unpaired) electrons. The fourth-order valence-corrected chi connectivity index (χ4v) is 6.62. The van der Waals surface area contributed by atoms with E-state index in [1.54, 1.807) is 0 Å².